The summed E-state index contributed by atoms with van der Waals surface area (Å²) in [7, 11) is 0. The molecule has 0 amide bonds. The molecule has 0 bridgehead atoms. The molecule has 1 aromatic heterocycles. The van der Waals surface area contributed by atoms with Gasteiger partial charge in [-0.05, 0) is 47.2 Å². The maximum atomic E-state index is 6.06. The van der Waals surface area contributed by atoms with Crippen LogP contribution in [0.1, 0.15) is 33.1 Å². The van der Waals surface area contributed by atoms with Crippen molar-refractivity contribution in [2.75, 3.05) is 17.2 Å². The average Bonchev–Trinajstić information content (AvgIpc) is 3.04. The normalized spacial score (nSPS) is 15.3. The van der Waals surface area contributed by atoms with Gasteiger partial charge in [-0.15, -0.1) is 0 Å². The molecule has 17 heavy (non-hydrogen) atoms. The summed E-state index contributed by atoms with van der Waals surface area (Å²) >= 11 is 3.40. The number of nitrogens with zero attached hydrogens (tertiary/aromatic N) is 2. The number of aromatic nitrogens is 1. The van der Waals surface area contributed by atoms with E-state index in [2.05, 4.69) is 39.7 Å². The largest absolute Gasteiger partial charge is 0.396 e. The third-order valence-electron chi connectivity index (χ3n) is 3.07. The Labute approximate surface area is 112 Å². The minimum absolute atomic E-state index is 0.657. The van der Waals surface area contributed by atoms with Crippen molar-refractivity contribution in [2.45, 2.75) is 39.2 Å². The van der Waals surface area contributed by atoms with Crippen LogP contribution < -0.4 is 10.6 Å². The molecular weight excluding hydrogens is 278 g/mol. The Morgan fingerprint density at radius 3 is 2.76 bits per heavy atom. The van der Waals surface area contributed by atoms with Crippen LogP contribution in [0.3, 0.4) is 0 Å². The van der Waals surface area contributed by atoms with Gasteiger partial charge in [-0.1, -0.05) is 13.8 Å². The summed E-state index contributed by atoms with van der Waals surface area (Å²) in [6, 6.07) is 2.59. The van der Waals surface area contributed by atoms with Crippen molar-refractivity contribution < 1.29 is 0 Å². The highest BCUT2D eigenvalue weighted by atomic mass is 79.9. The van der Waals surface area contributed by atoms with E-state index in [-0.39, 0.29) is 0 Å². The molecule has 0 atom stereocenters. The smallest absolute Gasteiger partial charge is 0.152 e. The van der Waals surface area contributed by atoms with E-state index in [0.29, 0.717) is 12.0 Å². The van der Waals surface area contributed by atoms with E-state index in [1.54, 1.807) is 0 Å². The summed E-state index contributed by atoms with van der Waals surface area (Å²) in [5.74, 6) is 1.67. The number of anilines is 2. The fourth-order valence-electron chi connectivity index (χ4n) is 1.93. The number of halogens is 1. The summed E-state index contributed by atoms with van der Waals surface area (Å²) in [5, 5.41) is 0. The van der Waals surface area contributed by atoms with Crippen LogP contribution in [-0.2, 0) is 0 Å². The van der Waals surface area contributed by atoms with Gasteiger partial charge in [0.15, 0.2) is 5.82 Å². The quantitative estimate of drug-likeness (QED) is 0.905. The Morgan fingerprint density at radius 2 is 2.24 bits per heavy atom. The predicted molar refractivity (Wildman–Crippen MR) is 76.2 cm³/mol. The molecule has 1 heterocycles. The third-order valence-corrected chi connectivity index (χ3v) is 3.50. The lowest BCUT2D eigenvalue weighted by molar-refractivity contribution is 0.569. The first-order valence-electron chi connectivity index (χ1n) is 6.25. The summed E-state index contributed by atoms with van der Waals surface area (Å²) in [6.07, 6.45) is 5.56. The van der Waals surface area contributed by atoms with Crippen LogP contribution in [0.2, 0.25) is 0 Å². The molecule has 1 aliphatic carbocycles. The van der Waals surface area contributed by atoms with Crippen molar-refractivity contribution in [1.82, 2.24) is 4.98 Å². The number of pyridine rings is 1. The molecule has 1 saturated carbocycles. The van der Waals surface area contributed by atoms with Gasteiger partial charge in [-0.2, -0.15) is 0 Å². The topological polar surface area (TPSA) is 42.2 Å². The van der Waals surface area contributed by atoms with Crippen molar-refractivity contribution in [2.24, 2.45) is 5.92 Å². The van der Waals surface area contributed by atoms with Crippen LogP contribution in [0.25, 0.3) is 0 Å². The standard InChI is InChI=1S/C13H20BrN3/c1-9(2)5-6-17(11-3-4-11)13-12(15)7-10(14)8-16-13/h7-9,11H,3-6,15H2,1-2H3. The van der Waals surface area contributed by atoms with E-state index in [4.69, 9.17) is 5.73 Å². The van der Waals surface area contributed by atoms with Gasteiger partial charge in [0, 0.05) is 23.3 Å². The second-order valence-electron chi connectivity index (χ2n) is 5.17. The fourth-order valence-corrected chi connectivity index (χ4v) is 2.28. The Hall–Kier alpha value is -0.770. The molecule has 2 N–H and O–H groups in total. The van der Waals surface area contributed by atoms with Crippen LogP contribution in [0.4, 0.5) is 11.5 Å². The molecule has 0 radical (unpaired) electrons. The van der Waals surface area contributed by atoms with Gasteiger partial charge in [0.25, 0.3) is 0 Å². The first-order valence-corrected chi connectivity index (χ1v) is 7.05. The second-order valence-corrected chi connectivity index (χ2v) is 6.09. The van der Waals surface area contributed by atoms with Gasteiger partial charge >= 0.3 is 0 Å². The number of rotatable bonds is 5. The molecule has 2 rings (SSSR count). The molecule has 94 valence electrons. The lowest BCUT2D eigenvalue weighted by Gasteiger charge is -2.25. The van der Waals surface area contributed by atoms with Gasteiger partial charge in [-0.25, -0.2) is 4.98 Å². The molecule has 1 aromatic rings. The summed E-state index contributed by atoms with van der Waals surface area (Å²) < 4.78 is 0.943. The monoisotopic (exact) mass is 297 g/mol. The molecular formula is C13H20BrN3. The number of nitrogens with two attached hydrogens (primary N) is 1. The van der Waals surface area contributed by atoms with Crippen molar-refractivity contribution in [3.8, 4) is 0 Å². The number of hydrogen-bond donors (Lipinski definition) is 1. The first kappa shape index (κ1) is 12.7. The lowest BCUT2D eigenvalue weighted by Crippen LogP contribution is -2.29. The zero-order valence-corrected chi connectivity index (χ0v) is 12.1. The van der Waals surface area contributed by atoms with Crippen LogP contribution >= 0.6 is 15.9 Å². The van der Waals surface area contributed by atoms with Crippen LogP contribution in [-0.4, -0.2) is 17.6 Å². The molecule has 0 unspecified atom stereocenters. The highest BCUT2D eigenvalue weighted by Crippen LogP contribution is 2.34. The van der Waals surface area contributed by atoms with Crippen molar-refractivity contribution in [1.29, 1.82) is 0 Å². The average molecular weight is 298 g/mol. The molecule has 0 aromatic carbocycles. The molecule has 3 nitrogen and oxygen atoms in total. The minimum Gasteiger partial charge on any atom is -0.396 e. The Morgan fingerprint density at radius 1 is 1.53 bits per heavy atom. The molecule has 1 fully saturated rings. The SMILES string of the molecule is CC(C)CCN(c1ncc(Br)cc1N)C1CC1. The predicted octanol–water partition coefficient (Wildman–Crippen LogP) is 3.44. The molecule has 0 aliphatic heterocycles. The Bertz CT molecular complexity index is 388. The molecule has 0 spiro atoms. The number of nitrogen functional groups attached to an aromatic ring is 1. The number of hydrogen-bond acceptors (Lipinski definition) is 3. The van der Waals surface area contributed by atoms with E-state index in [1.165, 1.54) is 19.3 Å². The van der Waals surface area contributed by atoms with E-state index in [1.807, 2.05) is 12.3 Å². The highest BCUT2D eigenvalue weighted by molar-refractivity contribution is 9.10. The summed E-state index contributed by atoms with van der Waals surface area (Å²) in [4.78, 5) is 6.85. The Balaban J connectivity index is 2.14. The van der Waals surface area contributed by atoms with Gasteiger partial charge in [0.05, 0.1) is 5.69 Å². The fraction of sp³-hybridized carbons (Fsp3) is 0.615. The second kappa shape index (κ2) is 5.25. The highest BCUT2D eigenvalue weighted by Gasteiger charge is 2.30. The zero-order valence-electron chi connectivity index (χ0n) is 10.5. The van der Waals surface area contributed by atoms with Crippen molar-refractivity contribution in [3.63, 3.8) is 0 Å². The third kappa shape index (κ3) is 3.35. The van der Waals surface area contributed by atoms with Gasteiger partial charge < -0.3 is 10.6 Å². The molecule has 0 saturated heterocycles. The van der Waals surface area contributed by atoms with Crippen molar-refractivity contribution >= 4 is 27.4 Å². The van der Waals surface area contributed by atoms with E-state index in [0.717, 1.165) is 22.5 Å². The van der Waals surface area contributed by atoms with Gasteiger partial charge in [-0.3, -0.25) is 0 Å². The zero-order chi connectivity index (χ0) is 12.4. The van der Waals surface area contributed by atoms with E-state index >= 15 is 0 Å². The molecule has 4 heteroatoms. The lowest BCUT2D eigenvalue weighted by atomic mass is 10.1. The summed E-state index contributed by atoms with van der Waals surface area (Å²) in [5.41, 5.74) is 6.83. The summed E-state index contributed by atoms with van der Waals surface area (Å²) in [6.45, 7) is 5.56. The molecule has 1 aliphatic rings. The first-order chi connectivity index (χ1) is 8.08. The minimum atomic E-state index is 0.657. The maximum absolute atomic E-state index is 6.06. The van der Waals surface area contributed by atoms with E-state index < -0.39 is 0 Å². The van der Waals surface area contributed by atoms with Crippen LogP contribution in [0, 0.1) is 5.92 Å². The van der Waals surface area contributed by atoms with Crippen molar-refractivity contribution in [3.05, 3.63) is 16.7 Å². The van der Waals surface area contributed by atoms with Crippen LogP contribution in [0.15, 0.2) is 16.7 Å². The van der Waals surface area contributed by atoms with Gasteiger partial charge in [0.2, 0.25) is 0 Å². The maximum Gasteiger partial charge on any atom is 0.152 e. The van der Waals surface area contributed by atoms with E-state index in [9.17, 15) is 0 Å². The Kier molecular flexibility index (Phi) is 3.92. The van der Waals surface area contributed by atoms with Gasteiger partial charge in [0.1, 0.15) is 0 Å². The van der Waals surface area contributed by atoms with Crippen LogP contribution in [0.5, 0.6) is 0 Å².